The Kier molecular flexibility index (Phi) is 2.25. The third kappa shape index (κ3) is 1.64. The fourth-order valence-electron chi connectivity index (χ4n) is 2.25. The molecule has 84 valence electrons. The zero-order chi connectivity index (χ0) is 11.8. The first-order valence-corrected chi connectivity index (χ1v) is 5.81. The average Bonchev–Trinajstić information content (AvgIpc) is 2.66. The first kappa shape index (κ1) is 10.2. The van der Waals surface area contributed by atoms with Crippen molar-refractivity contribution >= 4 is 11.0 Å². The highest BCUT2D eigenvalue weighted by molar-refractivity contribution is 5.95. The normalized spacial score (nSPS) is 10.9. The van der Waals surface area contributed by atoms with E-state index >= 15 is 0 Å². The second-order valence-corrected chi connectivity index (χ2v) is 4.40. The molecule has 0 saturated carbocycles. The van der Waals surface area contributed by atoms with Crippen LogP contribution in [-0.2, 0) is 0 Å². The quantitative estimate of drug-likeness (QED) is 0.580. The summed E-state index contributed by atoms with van der Waals surface area (Å²) in [5, 5.41) is 1.19. The lowest BCUT2D eigenvalue weighted by Crippen LogP contribution is -1.79. The maximum Gasteiger partial charge on any atom is 0.134 e. The van der Waals surface area contributed by atoms with E-state index in [4.69, 9.17) is 4.42 Å². The lowest BCUT2D eigenvalue weighted by Gasteiger charge is -2.01. The molecule has 1 heteroatoms. The van der Waals surface area contributed by atoms with Gasteiger partial charge in [0.15, 0.2) is 0 Å². The van der Waals surface area contributed by atoms with Crippen molar-refractivity contribution in [3.8, 4) is 11.1 Å². The SMILES string of the molecule is Cc1ccc(-c2c(C)oc3ccccc23)cc1. The Hall–Kier alpha value is -2.02. The summed E-state index contributed by atoms with van der Waals surface area (Å²) < 4.78 is 5.78. The van der Waals surface area contributed by atoms with Gasteiger partial charge >= 0.3 is 0 Å². The monoisotopic (exact) mass is 222 g/mol. The Morgan fingerprint density at radius 1 is 0.824 bits per heavy atom. The van der Waals surface area contributed by atoms with Gasteiger partial charge in [-0.3, -0.25) is 0 Å². The average molecular weight is 222 g/mol. The van der Waals surface area contributed by atoms with Gasteiger partial charge in [0.25, 0.3) is 0 Å². The van der Waals surface area contributed by atoms with Crippen LogP contribution in [0.25, 0.3) is 22.1 Å². The molecule has 1 aromatic heterocycles. The van der Waals surface area contributed by atoms with Crippen molar-refractivity contribution in [2.24, 2.45) is 0 Å². The molecular formula is C16H14O. The van der Waals surface area contributed by atoms with Gasteiger partial charge in [0.2, 0.25) is 0 Å². The van der Waals surface area contributed by atoms with E-state index in [0.717, 1.165) is 11.3 Å². The van der Waals surface area contributed by atoms with E-state index in [0.29, 0.717) is 0 Å². The molecule has 0 aliphatic carbocycles. The second kappa shape index (κ2) is 3.77. The summed E-state index contributed by atoms with van der Waals surface area (Å²) in [6.07, 6.45) is 0. The molecule has 3 aromatic rings. The van der Waals surface area contributed by atoms with Gasteiger partial charge in [0.05, 0.1) is 0 Å². The molecule has 0 amide bonds. The lowest BCUT2D eigenvalue weighted by atomic mass is 10.0. The molecule has 2 aromatic carbocycles. The standard InChI is InChI=1S/C16H14O/c1-11-7-9-13(10-8-11)16-12(2)17-15-6-4-3-5-14(15)16/h3-10H,1-2H3. The number of fused-ring (bicyclic) bond motifs is 1. The summed E-state index contributed by atoms with van der Waals surface area (Å²) in [5.41, 5.74) is 4.67. The minimum Gasteiger partial charge on any atom is -0.461 e. The van der Waals surface area contributed by atoms with Crippen LogP contribution in [0, 0.1) is 13.8 Å². The molecule has 0 unspecified atom stereocenters. The molecule has 0 aliphatic rings. The fraction of sp³-hybridized carbons (Fsp3) is 0.125. The number of benzene rings is 2. The van der Waals surface area contributed by atoms with Crippen molar-refractivity contribution in [1.29, 1.82) is 0 Å². The summed E-state index contributed by atoms with van der Waals surface area (Å²) in [4.78, 5) is 0. The second-order valence-electron chi connectivity index (χ2n) is 4.40. The maximum atomic E-state index is 5.78. The zero-order valence-electron chi connectivity index (χ0n) is 10.0. The van der Waals surface area contributed by atoms with E-state index < -0.39 is 0 Å². The number of aryl methyl sites for hydroxylation is 2. The number of furan rings is 1. The first-order valence-electron chi connectivity index (χ1n) is 5.81. The van der Waals surface area contributed by atoms with Crippen molar-refractivity contribution in [3.63, 3.8) is 0 Å². The van der Waals surface area contributed by atoms with Crippen LogP contribution in [0.2, 0.25) is 0 Å². The Morgan fingerprint density at radius 3 is 2.29 bits per heavy atom. The smallest absolute Gasteiger partial charge is 0.134 e. The Morgan fingerprint density at radius 2 is 1.53 bits per heavy atom. The predicted octanol–water partition coefficient (Wildman–Crippen LogP) is 4.72. The lowest BCUT2D eigenvalue weighted by molar-refractivity contribution is 0.580. The maximum absolute atomic E-state index is 5.78. The Labute approximate surface area is 101 Å². The first-order chi connectivity index (χ1) is 8.25. The molecular weight excluding hydrogens is 208 g/mol. The molecule has 0 fully saturated rings. The molecule has 0 N–H and O–H groups in total. The number of rotatable bonds is 1. The molecule has 0 aliphatic heterocycles. The van der Waals surface area contributed by atoms with Gasteiger partial charge in [-0.05, 0) is 25.5 Å². The van der Waals surface area contributed by atoms with Crippen molar-refractivity contribution in [1.82, 2.24) is 0 Å². The Balaban J connectivity index is 2.29. The van der Waals surface area contributed by atoms with Crippen molar-refractivity contribution in [3.05, 3.63) is 59.9 Å². The minimum atomic E-state index is 0.959. The van der Waals surface area contributed by atoms with E-state index in [1.165, 1.54) is 22.1 Å². The van der Waals surface area contributed by atoms with Crippen LogP contribution >= 0.6 is 0 Å². The van der Waals surface area contributed by atoms with Gasteiger partial charge in [-0.25, -0.2) is 0 Å². The van der Waals surface area contributed by atoms with Gasteiger partial charge in [0, 0.05) is 10.9 Å². The highest BCUT2D eigenvalue weighted by atomic mass is 16.3. The van der Waals surface area contributed by atoms with Crippen LogP contribution in [0.5, 0.6) is 0 Å². The molecule has 0 atom stereocenters. The summed E-state index contributed by atoms with van der Waals surface area (Å²) in [6.45, 7) is 4.12. The van der Waals surface area contributed by atoms with Gasteiger partial charge in [0.1, 0.15) is 11.3 Å². The highest BCUT2D eigenvalue weighted by Gasteiger charge is 2.11. The van der Waals surface area contributed by atoms with E-state index in [1.54, 1.807) is 0 Å². The van der Waals surface area contributed by atoms with Crippen molar-refractivity contribution in [2.45, 2.75) is 13.8 Å². The molecule has 0 bridgehead atoms. The minimum absolute atomic E-state index is 0.959. The highest BCUT2D eigenvalue weighted by Crippen LogP contribution is 2.34. The molecule has 0 spiro atoms. The van der Waals surface area contributed by atoms with Gasteiger partial charge in [-0.15, -0.1) is 0 Å². The molecule has 0 radical (unpaired) electrons. The van der Waals surface area contributed by atoms with Crippen LogP contribution in [-0.4, -0.2) is 0 Å². The van der Waals surface area contributed by atoms with E-state index in [1.807, 2.05) is 19.1 Å². The van der Waals surface area contributed by atoms with E-state index in [-0.39, 0.29) is 0 Å². The fourth-order valence-corrected chi connectivity index (χ4v) is 2.25. The van der Waals surface area contributed by atoms with Crippen LogP contribution in [0.4, 0.5) is 0 Å². The van der Waals surface area contributed by atoms with Crippen LogP contribution in [0.15, 0.2) is 52.9 Å². The van der Waals surface area contributed by atoms with Crippen LogP contribution < -0.4 is 0 Å². The summed E-state index contributed by atoms with van der Waals surface area (Å²) >= 11 is 0. The van der Waals surface area contributed by atoms with Crippen molar-refractivity contribution < 1.29 is 4.42 Å². The molecule has 3 rings (SSSR count). The zero-order valence-corrected chi connectivity index (χ0v) is 10.0. The number of para-hydroxylation sites is 1. The van der Waals surface area contributed by atoms with Gasteiger partial charge in [-0.1, -0.05) is 48.0 Å². The third-order valence-electron chi connectivity index (χ3n) is 3.11. The molecule has 0 saturated heterocycles. The van der Waals surface area contributed by atoms with E-state index in [2.05, 4.69) is 43.3 Å². The summed E-state index contributed by atoms with van der Waals surface area (Å²) in [5.74, 6) is 0.982. The molecule has 17 heavy (non-hydrogen) atoms. The molecule has 1 heterocycles. The Bertz CT molecular complexity index is 660. The molecule has 1 nitrogen and oxygen atoms in total. The predicted molar refractivity (Wildman–Crippen MR) is 71.1 cm³/mol. The number of hydrogen-bond acceptors (Lipinski definition) is 1. The topological polar surface area (TPSA) is 13.1 Å². The summed E-state index contributed by atoms with van der Waals surface area (Å²) in [7, 11) is 0. The van der Waals surface area contributed by atoms with Crippen LogP contribution in [0.3, 0.4) is 0 Å². The largest absolute Gasteiger partial charge is 0.461 e. The van der Waals surface area contributed by atoms with Gasteiger partial charge in [-0.2, -0.15) is 0 Å². The van der Waals surface area contributed by atoms with Crippen molar-refractivity contribution in [2.75, 3.05) is 0 Å². The van der Waals surface area contributed by atoms with E-state index in [9.17, 15) is 0 Å². The number of hydrogen-bond donors (Lipinski definition) is 0. The van der Waals surface area contributed by atoms with Gasteiger partial charge < -0.3 is 4.42 Å². The third-order valence-corrected chi connectivity index (χ3v) is 3.11. The summed E-state index contributed by atoms with van der Waals surface area (Å²) in [6, 6.07) is 16.8. The van der Waals surface area contributed by atoms with Crippen LogP contribution in [0.1, 0.15) is 11.3 Å².